The largest absolute Gasteiger partial charge is 1.00 e. The molecule has 2 atom stereocenters. The topological polar surface area (TPSA) is 40.1 Å². The van der Waals surface area contributed by atoms with Crippen molar-refractivity contribution in [2.75, 3.05) is 0 Å². The Morgan fingerprint density at radius 1 is 0.870 bits per heavy atom. The monoisotopic (exact) mass is 416 g/mol. The van der Waals surface area contributed by atoms with Crippen molar-refractivity contribution in [1.29, 1.82) is 0 Å². The average Bonchev–Trinajstić information content (AvgIpc) is 2.37. The van der Waals surface area contributed by atoms with Crippen LogP contribution < -0.4 is 5.11 Å². The standard InChI is InChI=1S/C20H38O2.Ag/c1-16(2)9-6-10-17(3)11-7-12-18(4)13-8-14-19(5)15-20(21)22;/h15-18H,6-14H2,1-5H3,(H,21,22);/q;+1/p-1/b19-15+;/t17-,18-;/m1./s1. The van der Waals surface area contributed by atoms with Gasteiger partial charge in [0, 0.05) is 0 Å². The Bertz CT molecular complexity index is 324. The first-order chi connectivity index (χ1) is 10.3. The molecule has 0 aromatic carbocycles. The molecule has 23 heavy (non-hydrogen) atoms. The second-order valence-electron chi connectivity index (χ2n) is 7.67. The predicted octanol–water partition coefficient (Wildman–Crippen LogP) is 5.12. The quantitative estimate of drug-likeness (QED) is 0.308. The van der Waals surface area contributed by atoms with Gasteiger partial charge in [-0.2, -0.15) is 0 Å². The van der Waals surface area contributed by atoms with Crippen molar-refractivity contribution in [3.8, 4) is 0 Å². The molecule has 0 amide bonds. The molecule has 140 valence electrons. The van der Waals surface area contributed by atoms with Crippen LogP contribution in [0.2, 0.25) is 0 Å². The Morgan fingerprint density at radius 2 is 1.30 bits per heavy atom. The summed E-state index contributed by atoms with van der Waals surface area (Å²) in [4.78, 5) is 10.4. The van der Waals surface area contributed by atoms with E-state index < -0.39 is 5.97 Å². The van der Waals surface area contributed by atoms with Gasteiger partial charge in [0.2, 0.25) is 0 Å². The minimum Gasteiger partial charge on any atom is -0.545 e. The average molecular weight is 417 g/mol. The summed E-state index contributed by atoms with van der Waals surface area (Å²) in [6.07, 6.45) is 12.5. The van der Waals surface area contributed by atoms with Crippen molar-refractivity contribution < 1.29 is 32.3 Å². The summed E-state index contributed by atoms with van der Waals surface area (Å²) in [6.45, 7) is 11.2. The predicted molar refractivity (Wildman–Crippen MR) is 93.5 cm³/mol. The van der Waals surface area contributed by atoms with Gasteiger partial charge in [-0.15, -0.1) is 0 Å². The van der Waals surface area contributed by atoms with E-state index in [9.17, 15) is 9.90 Å². The number of carbonyl (C=O) groups excluding carboxylic acids is 1. The number of hydrogen-bond acceptors (Lipinski definition) is 2. The van der Waals surface area contributed by atoms with Crippen molar-refractivity contribution in [3.63, 3.8) is 0 Å². The normalized spacial score (nSPS) is 14.4. The van der Waals surface area contributed by atoms with Gasteiger partial charge in [-0.1, -0.05) is 78.2 Å². The fourth-order valence-electron chi connectivity index (χ4n) is 2.98. The van der Waals surface area contributed by atoms with Crippen LogP contribution in [0.25, 0.3) is 0 Å². The molecule has 0 bridgehead atoms. The van der Waals surface area contributed by atoms with Gasteiger partial charge >= 0.3 is 22.4 Å². The van der Waals surface area contributed by atoms with E-state index in [1.807, 2.05) is 6.92 Å². The summed E-state index contributed by atoms with van der Waals surface area (Å²) < 4.78 is 0. The van der Waals surface area contributed by atoms with Gasteiger partial charge in [-0.05, 0) is 43.6 Å². The number of rotatable bonds is 13. The van der Waals surface area contributed by atoms with Crippen LogP contribution in [0.15, 0.2) is 11.6 Å². The molecule has 0 aliphatic rings. The van der Waals surface area contributed by atoms with Gasteiger partial charge in [0.25, 0.3) is 0 Å². The zero-order valence-corrected chi connectivity index (χ0v) is 17.3. The first-order valence-corrected chi connectivity index (χ1v) is 9.19. The van der Waals surface area contributed by atoms with Crippen LogP contribution in [0.1, 0.15) is 92.4 Å². The van der Waals surface area contributed by atoms with Crippen LogP contribution in [0.5, 0.6) is 0 Å². The van der Waals surface area contributed by atoms with E-state index in [4.69, 9.17) is 0 Å². The SMILES string of the molecule is C/C(=C\C(=O)[O-])CCC[C@H](C)CCC[C@H](C)CCCC(C)C.[Ag+]. The van der Waals surface area contributed by atoms with Crippen LogP contribution in [-0.4, -0.2) is 5.97 Å². The molecule has 0 aliphatic heterocycles. The van der Waals surface area contributed by atoms with Gasteiger partial charge in [0.15, 0.2) is 0 Å². The van der Waals surface area contributed by atoms with Crippen LogP contribution in [-0.2, 0) is 27.2 Å². The number of carbonyl (C=O) groups is 1. The Hall–Kier alpha value is -0.0497. The Balaban J connectivity index is 0. The fraction of sp³-hybridized carbons (Fsp3) is 0.850. The smallest absolute Gasteiger partial charge is 0.545 e. The third-order valence-electron chi connectivity index (χ3n) is 4.50. The Morgan fingerprint density at radius 3 is 1.74 bits per heavy atom. The van der Waals surface area contributed by atoms with Gasteiger partial charge in [0.1, 0.15) is 0 Å². The Labute approximate surface area is 160 Å². The van der Waals surface area contributed by atoms with Crippen molar-refractivity contribution >= 4 is 5.97 Å². The first-order valence-electron chi connectivity index (χ1n) is 9.19. The molecule has 0 N–H and O–H groups in total. The van der Waals surface area contributed by atoms with Gasteiger partial charge in [0.05, 0.1) is 5.97 Å². The van der Waals surface area contributed by atoms with E-state index in [0.29, 0.717) is 0 Å². The van der Waals surface area contributed by atoms with Crippen molar-refractivity contribution in [2.45, 2.75) is 92.4 Å². The van der Waals surface area contributed by atoms with E-state index >= 15 is 0 Å². The maximum Gasteiger partial charge on any atom is 1.00 e. The van der Waals surface area contributed by atoms with Crippen LogP contribution >= 0.6 is 0 Å². The summed E-state index contributed by atoms with van der Waals surface area (Å²) in [6, 6.07) is 0. The van der Waals surface area contributed by atoms with Crippen LogP contribution in [0.3, 0.4) is 0 Å². The second-order valence-corrected chi connectivity index (χ2v) is 7.67. The van der Waals surface area contributed by atoms with E-state index in [1.165, 1.54) is 51.0 Å². The number of hydrogen-bond donors (Lipinski definition) is 0. The summed E-state index contributed by atoms with van der Waals surface area (Å²) in [5.41, 5.74) is 0.922. The van der Waals surface area contributed by atoms with Crippen molar-refractivity contribution in [3.05, 3.63) is 11.6 Å². The maximum absolute atomic E-state index is 10.4. The van der Waals surface area contributed by atoms with Gasteiger partial charge < -0.3 is 9.90 Å². The van der Waals surface area contributed by atoms with E-state index in [2.05, 4.69) is 27.7 Å². The van der Waals surface area contributed by atoms with Gasteiger partial charge in [-0.25, -0.2) is 0 Å². The molecular formula is C20H37AgO2. The summed E-state index contributed by atoms with van der Waals surface area (Å²) in [5.74, 6) is 1.37. The molecule has 0 radical (unpaired) electrons. The number of carboxylic acids is 1. The molecule has 0 aromatic rings. The third-order valence-corrected chi connectivity index (χ3v) is 4.50. The number of allylic oxidation sites excluding steroid dienone is 1. The number of carboxylic acid groups (broad SMARTS) is 1. The van der Waals surface area contributed by atoms with E-state index in [1.54, 1.807) is 0 Å². The molecule has 0 aliphatic carbocycles. The molecular weight excluding hydrogens is 380 g/mol. The molecule has 2 nitrogen and oxygen atoms in total. The van der Waals surface area contributed by atoms with E-state index in [0.717, 1.165) is 36.2 Å². The fourth-order valence-corrected chi connectivity index (χ4v) is 2.98. The van der Waals surface area contributed by atoms with Crippen molar-refractivity contribution in [1.82, 2.24) is 0 Å². The minimum absolute atomic E-state index is 0. The molecule has 0 saturated carbocycles. The minimum atomic E-state index is -1.07. The molecule has 0 heterocycles. The molecule has 0 aromatic heterocycles. The van der Waals surface area contributed by atoms with Crippen molar-refractivity contribution in [2.24, 2.45) is 17.8 Å². The molecule has 0 saturated heterocycles. The zero-order chi connectivity index (χ0) is 17.0. The Kier molecular flexibility index (Phi) is 17.0. The van der Waals surface area contributed by atoms with Crippen LogP contribution in [0, 0.1) is 17.8 Å². The van der Waals surface area contributed by atoms with Gasteiger partial charge in [-0.3, -0.25) is 0 Å². The molecule has 0 unspecified atom stereocenters. The molecule has 3 heteroatoms. The molecule has 0 rings (SSSR count). The second kappa shape index (κ2) is 15.5. The maximum atomic E-state index is 10.4. The number of aliphatic carboxylic acids is 1. The summed E-state index contributed by atoms with van der Waals surface area (Å²) in [7, 11) is 0. The molecule has 0 spiro atoms. The molecule has 0 fully saturated rings. The summed E-state index contributed by atoms with van der Waals surface area (Å²) >= 11 is 0. The van der Waals surface area contributed by atoms with Crippen LogP contribution in [0.4, 0.5) is 0 Å². The third kappa shape index (κ3) is 18.1. The summed E-state index contributed by atoms with van der Waals surface area (Å²) in [5, 5.41) is 10.4. The van der Waals surface area contributed by atoms with E-state index in [-0.39, 0.29) is 22.4 Å². The zero-order valence-electron chi connectivity index (χ0n) is 15.8. The first kappa shape index (κ1) is 25.2.